The summed E-state index contributed by atoms with van der Waals surface area (Å²) in [6.45, 7) is 12.0. The molecule has 0 amide bonds. The van der Waals surface area contributed by atoms with E-state index in [4.69, 9.17) is 0 Å². The van der Waals surface area contributed by atoms with Gasteiger partial charge < -0.3 is 20.2 Å². The Hall–Kier alpha value is -0.160. The van der Waals surface area contributed by atoms with Gasteiger partial charge >= 0.3 is 0 Å². The molecule has 0 aromatic rings. The fourth-order valence-electron chi connectivity index (χ4n) is 3.28. The third-order valence-electron chi connectivity index (χ3n) is 4.53. The number of nitrogens with one attached hydrogen (secondary N) is 1. The molecule has 2 aliphatic rings. The van der Waals surface area contributed by atoms with E-state index in [9.17, 15) is 5.11 Å². The number of hydrogen-bond donors (Lipinski definition) is 2. The van der Waals surface area contributed by atoms with Gasteiger partial charge in [-0.05, 0) is 65.2 Å². The van der Waals surface area contributed by atoms with Gasteiger partial charge in [-0.25, -0.2) is 0 Å². The Bertz CT molecular complexity index is 254. The average molecular weight is 269 g/mol. The normalized spacial score (nSPS) is 27.5. The topological polar surface area (TPSA) is 38.7 Å². The van der Waals surface area contributed by atoms with Crippen LogP contribution in [0.3, 0.4) is 0 Å². The highest BCUT2D eigenvalue weighted by Gasteiger charge is 2.24. The second-order valence-electron chi connectivity index (χ2n) is 6.56. The van der Waals surface area contributed by atoms with E-state index in [2.05, 4.69) is 29.0 Å². The summed E-state index contributed by atoms with van der Waals surface area (Å²) in [5.74, 6) is 0.765. The predicted molar refractivity (Wildman–Crippen MR) is 79.4 cm³/mol. The van der Waals surface area contributed by atoms with Crippen LogP contribution in [0.1, 0.15) is 33.1 Å². The summed E-state index contributed by atoms with van der Waals surface area (Å²) in [6, 6.07) is 0.672. The molecule has 2 fully saturated rings. The van der Waals surface area contributed by atoms with E-state index in [0.717, 1.165) is 25.6 Å². The molecule has 19 heavy (non-hydrogen) atoms. The first-order valence-electron chi connectivity index (χ1n) is 8.00. The van der Waals surface area contributed by atoms with Crippen molar-refractivity contribution >= 4 is 0 Å². The molecule has 4 heteroatoms. The first kappa shape index (κ1) is 15.2. The van der Waals surface area contributed by atoms with Gasteiger partial charge in [-0.15, -0.1) is 0 Å². The maximum absolute atomic E-state index is 10.0. The van der Waals surface area contributed by atoms with Gasteiger partial charge in [0.05, 0.1) is 6.10 Å². The molecule has 0 aromatic carbocycles. The fraction of sp³-hybridized carbons (Fsp3) is 1.00. The summed E-state index contributed by atoms with van der Waals surface area (Å²) in [5.41, 5.74) is 0. The van der Waals surface area contributed by atoms with Gasteiger partial charge in [-0.1, -0.05) is 0 Å². The van der Waals surface area contributed by atoms with Gasteiger partial charge in [-0.3, -0.25) is 0 Å². The SMILES string of the molecule is CC(C)N1CCC(CNCC(O)CN2CCCC2)C1. The van der Waals surface area contributed by atoms with Crippen molar-refractivity contribution in [1.82, 2.24) is 15.1 Å². The zero-order chi connectivity index (χ0) is 13.7. The predicted octanol–water partition coefficient (Wildman–Crippen LogP) is 0.763. The fourth-order valence-corrected chi connectivity index (χ4v) is 3.28. The van der Waals surface area contributed by atoms with E-state index in [1.165, 1.54) is 45.4 Å². The highest BCUT2D eigenvalue weighted by atomic mass is 16.3. The zero-order valence-corrected chi connectivity index (χ0v) is 12.6. The van der Waals surface area contributed by atoms with Crippen molar-refractivity contribution in [2.24, 2.45) is 5.92 Å². The molecule has 2 saturated heterocycles. The Labute approximate surface area is 118 Å². The van der Waals surface area contributed by atoms with E-state index in [1.54, 1.807) is 0 Å². The molecule has 0 spiro atoms. The molecule has 0 bridgehead atoms. The largest absolute Gasteiger partial charge is 0.390 e. The van der Waals surface area contributed by atoms with Crippen LogP contribution in [0.4, 0.5) is 0 Å². The summed E-state index contributed by atoms with van der Waals surface area (Å²) < 4.78 is 0. The lowest BCUT2D eigenvalue weighted by molar-refractivity contribution is 0.122. The molecule has 4 nitrogen and oxygen atoms in total. The monoisotopic (exact) mass is 269 g/mol. The maximum Gasteiger partial charge on any atom is 0.0791 e. The molecular weight excluding hydrogens is 238 g/mol. The molecule has 2 aliphatic heterocycles. The van der Waals surface area contributed by atoms with E-state index in [0.29, 0.717) is 6.04 Å². The van der Waals surface area contributed by atoms with Crippen LogP contribution >= 0.6 is 0 Å². The molecule has 0 aliphatic carbocycles. The second kappa shape index (κ2) is 7.58. The lowest BCUT2D eigenvalue weighted by atomic mass is 10.1. The van der Waals surface area contributed by atoms with Gasteiger partial charge in [-0.2, -0.15) is 0 Å². The van der Waals surface area contributed by atoms with Crippen LogP contribution in [-0.4, -0.2) is 72.9 Å². The molecular formula is C15H31N3O. The smallest absolute Gasteiger partial charge is 0.0791 e. The number of aliphatic hydroxyl groups is 1. The van der Waals surface area contributed by atoms with Crippen LogP contribution in [0, 0.1) is 5.92 Å². The lowest BCUT2D eigenvalue weighted by Crippen LogP contribution is -2.39. The molecule has 2 unspecified atom stereocenters. The molecule has 0 radical (unpaired) electrons. The zero-order valence-electron chi connectivity index (χ0n) is 12.6. The highest BCUT2D eigenvalue weighted by Crippen LogP contribution is 2.17. The lowest BCUT2D eigenvalue weighted by Gasteiger charge is -2.21. The first-order chi connectivity index (χ1) is 9.15. The Balaban J connectivity index is 1.54. The van der Waals surface area contributed by atoms with Crippen LogP contribution in [0.15, 0.2) is 0 Å². The number of nitrogens with zero attached hydrogens (tertiary/aromatic N) is 2. The van der Waals surface area contributed by atoms with Crippen molar-refractivity contribution in [3.8, 4) is 0 Å². The standard InChI is InChI=1S/C15H31N3O/c1-13(2)18-8-5-14(11-18)9-16-10-15(19)12-17-6-3-4-7-17/h13-16,19H,3-12H2,1-2H3. The first-order valence-corrected chi connectivity index (χ1v) is 8.00. The van der Waals surface area contributed by atoms with Crippen molar-refractivity contribution in [1.29, 1.82) is 0 Å². The molecule has 2 N–H and O–H groups in total. The Morgan fingerprint density at radius 1 is 1.21 bits per heavy atom. The van der Waals surface area contributed by atoms with Crippen LogP contribution in [-0.2, 0) is 0 Å². The van der Waals surface area contributed by atoms with Crippen LogP contribution < -0.4 is 5.32 Å². The van der Waals surface area contributed by atoms with Crippen LogP contribution in [0.25, 0.3) is 0 Å². The van der Waals surface area contributed by atoms with Crippen molar-refractivity contribution in [2.75, 3.05) is 45.8 Å². The van der Waals surface area contributed by atoms with Gasteiger partial charge in [0.1, 0.15) is 0 Å². The number of aliphatic hydroxyl groups excluding tert-OH is 1. The van der Waals surface area contributed by atoms with Gasteiger partial charge in [0, 0.05) is 25.7 Å². The summed E-state index contributed by atoms with van der Waals surface area (Å²) in [4.78, 5) is 4.93. The number of rotatable bonds is 7. The molecule has 0 aromatic heterocycles. The average Bonchev–Trinajstić information content (AvgIpc) is 3.00. The van der Waals surface area contributed by atoms with Crippen molar-refractivity contribution in [2.45, 2.75) is 45.3 Å². The summed E-state index contributed by atoms with van der Waals surface area (Å²) in [7, 11) is 0. The molecule has 112 valence electrons. The van der Waals surface area contributed by atoms with Gasteiger partial charge in [0.2, 0.25) is 0 Å². The maximum atomic E-state index is 10.0. The van der Waals surface area contributed by atoms with Crippen LogP contribution in [0.2, 0.25) is 0 Å². The molecule has 2 heterocycles. The van der Waals surface area contributed by atoms with E-state index >= 15 is 0 Å². The number of likely N-dealkylation sites (tertiary alicyclic amines) is 2. The third kappa shape index (κ3) is 5.03. The highest BCUT2D eigenvalue weighted by molar-refractivity contribution is 4.80. The minimum absolute atomic E-state index is 0.208. The van der Waals surface area contributed by atoms with E-state index < -0.39 is 0 Å². The molecule has 0 saturated carbocycles. The second-order valence-corrected chi connectivity index (χ2v) is 6.56. The van der Waals surface area contributed by atoms with Gasteiger partial charge in [0.25, 0.3) is 0 Å². The van der Waals surface area contributed by atoms with Crippen molar-refractivity contribution < 1.29 is 5.11 Å². The number of hydrogen-bond acceptors (Lipinski definition) is 4. The third-order valence-corrected chi connectivity index (χ3v) is 4.53. The van der Waals surface area contributed by atoms with Gasteiger partial charge in [0.15, 0.2) is 0 Å². The van der Waals surface area contributed by atoms with Crippen molar-refractivity contribution in [3.05, 3.63) is 0 Å². The summed E-state index contributed by atoms with van der Waals surface area (Å²) in [6.07, 6.45) is 3.69. The summed E-state index contributed by atoms with van der Waals surface area (Å²) >= 11 is 0. The minimum atomic E-state index is -0.208. The minimum Gasteiger partial charge on any atom is -0.390 e. The molecule has 2 atom stereocenters. The number of β-amino-alcohol motifs (C(OH)–C–C–N with tert-alkyl or cyclic N) is 1. The summed E-state index contributed by atoms with van der Waals surface area (Å²) in [5, 5.41) is 13.5. The van der Waals surface area contributed by atoms with E-state index in [1.807, 2.05) is 0 Å². The Morgan fingerprint density at radius 2 is 1.95 bits per heavy atom. The molecule has 2 rings (SSSR count). The van der Waals surface area contributed by atoms with Crippen molar-refractivity contribution in [3.63, 3.8) is 0 Å². The Morgan fingerprint density at radius 3 is 2.58 bits per heavy atom. The van der Waals surface area contributed by atoms with E-state index in [-0.39, 0.29) is 6.10 Å². The Kier molecular flexibility index (Phi) is 6.07. The quantitative estimate of drug-likeness (QED) is 0.716. The van der Waals surface area contributed by atoms with Crippen LogP contribution in [0.5, 0.6) is 0 Å².